The van der Waals surface area contributed by atoms with Crippen molar-refractivity contribution >= 4 is 5.91 Å². The van der Waals surface area contributed by atoms with Gasteiger partial charge in [-0.1, -0.05) is 6.92 Å². The maximum atomic E-state index is 12.1. The van der Waals surface area contributed by atoms with Crippen LogP contribution in [0.5, 0.6) is 0 Å². The maximum absolute atomic E-state index is 12.1. The number of amides is 1. The molecule has 4 nitrogen and oxygen atoms in total. The lowest BCUT2D eigenvalue weighted by Crippen LogP contribution is -2.58. The number of rotatable bonds is 3. The number of carbonyl (C=O) groups excluding carboxylic acids is 1. The summed E-state index contributed by atoms with van der Waals surface area (Å²) in [5.41, 5.74) is 0. The molecule has 0 bridgehead atoms. The van der Waals surface area contributed by atoms with E-state index in [0.717, 1.165) is 19.6 Å². The van der Waals surface area contributed by atoms with E-state index in [9.17, 15) is 4.79 Å². The molecule has 0 radical (unpaired) electrons. The summed E-state index contributed by atoms with van der Waals surface area (Å²) >= 11 is 0. The van der Waals surface area contributed by atoms with Gasteiger partial charge in [-0.05, 0) is 20.9 Å². The zero-order valence-corrected chi connectivity index (χ0v) is 10.2. The average Bonchev–Trinajstić information content (AvgIpc) is 2.21. The normalized spacial score (nSPS) is 28.9. The SMILES string of the molecule is CNCC(C)C(=O)N1CCNC(C)C1C. The third-order valence-electron chi connectivity index (χ3n) is 3.25. The third kappa shape index (κ3) is 2.92. The van der Waals surface area contributed by atoms with E-state index in [-0.39, 0.29) is 11.8 Å². The molecule has 0 aromatic rings. The average molecular weight is 213 g/mol. The van der Waals surface area contributed by atoms with Gasteiger partial charge in [0.15, 0.2) is 0 Å². The molecule has 15 heavy (non-hydrogen) atoms. The second-order valence-electron chi connectivity index (χ2n) is 4.47. The van der Waals surface area contributed by atoms with Crippen LogP contribution >= 0.6 is 0 Å². The number of nitrogens with zero attached hydrogens (tertiary/aromatic N) is 1. The van der Waals surface area contributed by atoms with Crippen LogP contribution in [0.4, 0.5) is 0 Å². The van der Waals surface area contributed by atoms with Crippen LogP contribution in [0.25, 0.3) is 0 Å². The van der Waals surface area contributed by atoms with Crippen LogP contribution in [0.15, 0.2) is 0 Å². The van der Waals surface area contributed by atoms with Crippen LogP contribution in [-0.2, 0) is 4.79 Å². The Morgan fingerprint density at radius 3 is 2.87 bits per heavy atom. The fraction of sp³-hybridized carbons (Fsp3) is 0.909. The number of hydrogen-bond acceptors (Lipinski definition) is 3. The van der Waals surface area contributed by atoms with E-state index in [4.69, 9.17) is 0 Å². The molecule has 1 amide bonds. The molecule has 0 aromatic heterocycles. The molecule has 1 saturated heterocycles. The monoisotopic (exact) mass is 213 g/mol. The summed E-state index contributed by atoms with van der Waals surface area (Å²) in [6.07, 6.45) is 0. The minimum Gasteiger partial charge on any atom is -0.337 e. The van der Waals surface area contributed by atoms with Crippen molar-refractivity contribution in [2.75, 3.05) is 26.7 Å². The van der Waals surface area contributed by atoms with E-state index in [0.29, 0.717) is 12.1 Å². The second kappa shape index (κ2) is 5.47. The van der Waals surface area contributed by atoms with Gasteiger partial charge in [-0.2, -0.15) is 0 Å². The summed E-state index contributed by atoms with van der Waals surface area (Å²) in [4.78, 5) is 14.1. The molecule has 3 unspecified atom stereocenters. The lowest BCUT2D eigenvalue weighted by atomic mass is 10.0. The van der Waals surface area contributed by atoms with Crippen LogP contribution in [0.2, 0.25) is 0 Å². The number of carbonyl (C=O) groups is 1. The Hall–Kier alpha value is -0.610. The molecule has 1 fully saturated rings. The Kier molecular flexibility index (Phi) is 4.54. The minimum absolute atomic E-state index is 0.0720. The van der Waals surface area contributed by atoms with Gasteiger partial charge in [-0.25, -0.2) is 0 Å². The van der Waals surface area contributed by atoms with E-state index in [1.54, 1.807) is 0 Å². The topological polar surface area (TPSA) is 44.4 Å². The van der Waals surface area contributed by atoms with Gasteiger partial charge in [-0.3, -0.25) is 4.79 Å². The van der Waals surface area contributed by atoms with Gasteiger partial charge in [0.05, 0.1) is 0 Å². The van der Waals surface area contributed by atoms with Crippen molar-refractivity contribution in [2.45, 2.75) is 32.9 Å². The van der Waals surface area contributed by atoms with Crippen LogP contribution in [0.1, 0.15) is 20.8 Å². The molecule has 0 saturated carbocycles. The van der Waals surface area contributed by atoms with E-state index in [1.165, 1.54) is 0 Å². The van der Waals surface area contributed by atoms with Gasteiger partial charge < -0.3 is 15.5 Å². The first-order valence-corrected chi connectivity index (χ1v) is 5.76. The van der Waals surface area contributed by atoms with Crippen LogP contribution < -0.4 is 10.6 Å². The highest BCUT2D eigenvalue weighted by atomic mass is 16.2. The van der Waals surface area contributed by atoms with Crippen molar-refractivity contribution in [3.8, 4) is 0 Å². The lowest BCUT2D eigenvalue weighted by Gasteiger charge is -2.39. The van der Waals surface area contributed by atoms with Crippen molar-refractivity contribution in [1.29, 1.82) is 0 Å². The maximum Gasteiger partial charge on any atom is 0.227 e. The number of nitrogens with one attached hydrogen (secondary N) is 2. The van der Waals surface area contributed by atoms with Crippen molar-refractivity contribution < 1.29 is 4.79 Å². The Labute approximate surface area is 92.4 Å². The fourth-order valence-electron chi connectivity index (χ4n) is 2.04. The molecule has 4 heteroatoms. The van der Waals surface area contributed by atoms with Crippen LogP contribution in [0.3, 0.4) is 0 Å². The van der Waals surface area contributed by atoms with Gasteiger partial charge in [0.1, 0.15) is 0 Å². The smallest absolute Gasteiger partial charge is 0.227 e. The fourth-order valence-corrected chi connectivity index (χ4v) is 2.04. The molecule has 1 aliphatic heterocycles. The van der Waals surface area contributed by atoms with Crippen molar-refractivity contribution in [2.24, 2.45) is 5.92 Å². The lowest BCUT2D eigenvalue weighted by molar-refractivity contribution is -0.138. The zero-order chi connectivity index (χ0) is 11.4. The first kappa shape index (κ1) is 12.5. The summed E-state index contributed by atoms with van der Waals surface area (Å²) in [6, 6.07) is 0.690. The molecular weight excluding hydrogens is 190 g/mol. The second-order valence-corrected chi connectivity index (χ2v) is 4.47. The van der Waals surface area contributed by atoms with Crippen LogP contribution in [-0.4, -0.2) is 49.6 Å². The Bertz CT molecular complexity index is 220. The number of piperazine rings is 1. The zero-order valence-electron chi connectivity index (χ0n) is 10.2. The molecule has 1 rings (SSSR count). The highest BCUT2D eigenvalue weighted by Gasteiger charge is 2.30. The standard InChI is InChI=1S/C11H23N3O/c1-8(7-12-4)11(15)14-6-5-13-9(2)10(14)3/h8-10,12-13H,5-7H2,1-4H3. The highest BCUT2D eigenvalue weighted by molar-refractivity contribution is 5.79. The van der Waals surface area contributed by atoms with Crippen molar-refractivity contribution in [3.63, 3.8) is 0 Å². The summed E-state index contributed by atoms with van der Waals surface area (Å²) in [5, 5.41) is 6.43. The van der Waals surface area contributed by atoms with Gasteiger partial charge in [0, 0.05) is 37.6 Å². The van der Waals surface area contributed by atoms with E-state index >= 15 is 0 Å². The van der Waals surface area contributed by atoms with Gasteiger partial charge in [0.25, 0.3) is 0 Å². The molecule has 1 aliphatic rings. The van der Waals surface area contributed by atoms with Gasteiger partial charge in [0.2, 0.25) is 5.91 Å². The van der Waals surface area contributed by atoms with Crippen LogP contribution in [0, 0.1) is 5.92 Å². The molecule has 88 valence electrons. The summed E-state index contributed by atoms with van der Waals surface area (Å²) < 4.78 is 0. The Balaban J connectivity index is 2.57. The minimum atomic E-state index is 0.0720. The van der Waals surface area contributed by atoms with Crippen molar-refractivity contribution in [1.82, 2.24) is 15.5 Å². The summed E-state index contributed by atoms with van der Waals surface area (Å²) in [6.45, 7) is 8.72. The first-order valence-electron chi connectivity index (χ1n) is 5.76. The largest absolute Gasteiger partial charge is 0.337 e. The third-order valence-corrected chi connectivity index (χ3v) is 3.25. The molecule has 1 heterocycles. The predicted octanol–water partition coefficient (Wildman–Crippen LogP) is 0.0507. The summed E-state index contributed by atoms with van der Waals surface area (Å²) in [5.74, 6) is 0.341. The van der Waals surface area contributed by atoms with Crippen molar-refractivity contribution in [3.05, 3.63) is 0 Å². The highest BCUT2D eigenvalue weighted by Crippen LogP contribution is 2.12. The molecule has 0 aromatic carbocycles. The quantitative estimate of drug-likeness (QED) is 0.696. The Morgan fingerprint density at radius 2 is 2.27 bits per heavy atom. The van der Waals surface area contributed by atoms with E-state index < -0.39 is 0 Å². The van der Waals surface area contributed by atoms with Gasteiger partial charge in [-0.15, -0.1) is 0 Å². The molecule has 0 spiro atoms. The van der Waals surface area contributed by atoms with E-state index in [2.05, 4.69) is 24.5 Å². The Morgan fingerprint density at radius 1 is 1.60 bits per heavy atom. The summed E-state index contributed by atoms with van der Waals surface area (Å²) in [7, 11) is 1.88. The van der Waals surface area contributed by atoms with E-state index in [1.807, 2.05) is 18.9 Å². The molecule has 2 N–H and O–H groups in total. The molecular formula is C11H23N3O. The molecule has 0 aliphatic carbocycles. The van der Waals surface area contributed by atoms with Gasteiger partial charge >= 0.3 is 0 Å². The predicted molar refractivity (Wildman–Crippen MR) is 61.7 cm³/mol. The number of hydrogen-bond donors (Lipinski definition) is 2. The first-order chi connectivity index (χ1) is 7.07. The molecule has 3 atom stereocenters.